The highest BCUT2D eigenvalue weighted by atomic mass is 79.9. The number of nitro groups is 1. The molecule has 0 fully saturated rings. The van der Waals surface area contributed by atoms with Gasteiger partial charge in [0.15, 0.2) is 5.78 Å². The SMILES string of the molecule is O=C(/C=C/c1ccc(F)c(Br)c1)c1ccccc1[N+](=O)[O-]. The number of rotatable bonds is 4. The second-order valence-corrected chi connectivity index (χ2v) is 5.00. The van der Waals surface area contributed by atoms with Gasteiger partial charge in [-0.2, -0.15) is 0 Å². The van der Waals surface area contributed by atoms with Gasteiger partial charge in [-0.15, -0.1) is 0 Å². The average Bonchev–Trinajstić information content (AvgIpc) is 2.48. The third kappa shape index (κ3) is 3.61. The topological polar surface area (TPSA) is 60.2 Å². The number of hydrogen-bond acceptors (Lipinski definition) is 3. The van der Waals surface area contributed by atoms with Crippen molar-refractivity contribution in [1.82, 2.24) is 0 Å². The Morgan fingerprint density at radius 2 is 1.95 bits per heavy atom. The summed E-state index contributed by atoms with van der Waals surface area (Å²) in [7, 11) is 0. The van der Waals surface area contributed by atoms with Crippen molar-refractivity contribution >= 4 is 33.5 Å². The Bertz CT molecular complexity index is 743. The first-order valence-electron chi connectivity index (χ1n) is 5.90. The number of nitro benzene ring substituents is 1. The zero-order valence-corrected chi connectivity index (χ0v) is 12.2. The van der Waals surface area contributed by atoms with E-state index in [9.17, 15) is 19.3 Å². The minimum absolute atomic E-state index is 0.0138. The molecule has 4 nitrogen and oxygen atoms in total. The van der Waals surface area contributed by atoms with Gasteiger partial charge in [0, 0.05) is 6.07 Å². The number of benzene rings is 2. The summed E-state index contributed by atoms with van der Waals surface area (Å²) in [6.07, 6.45) is 2.70. The van der Waals surface area contributed by atoms with Crippen molar-refractivity contribution in [2.75, 3.05) is 0 Å². The fourth-order valence-electron chi connectivity index (χ4n) is 1.72. The van der Waals surface area contributed by atoms with Gasteiger partial charge in [-0.05, 0) is 45.8 Å². The molecule has 2 aromatic rings. The van der Waals surface area contributed by atoms with Crippen molar-refractivity contribution in [2.24, 2.45) is 0 Å². The summed E-state index contributed by atoms with van der Waals surface area (Å²) < 4.78 is 13.4. The largest absolute Gasteiger partial charge is 0.289 e. The van der Waals surface area contributed by atoms with E-state index in [1.54, 1.807) is 6.07 Å². The van der Waals surface area contributed by atoms with Gasteiger partial charge in [-0.3, -0.25) is 14.9 Å². The highest BCUT2D eigenvalue weighted by molar-refractivity contribution is 9.10. The van der Waals surface area contributed by atoms with Crippen molar-refractivity contribution in [2.45, 2.75) is 0 Å². The quantitative estimate of drug-likeness (QED) is 0.356. The lowest BCUT2D eigenvalue weighted by Gasteiger charge is -1.99. The van der Waals surface area contributed by atoms with Gasteiger partial charge in [0.25, 0.3) is 5.69 Å². The molecule has 106 valence electrons. The molecule has 0 heterocycles. The normalized spacial score (nSPS) is 10.8. The van der Waals surface area contributed by atoms with Crippen molar-refractivity contribution < 1.29 is 14.1 Å². The maximum atomic E-state index is 13.1. The Labute approximate surface area is 128 Å². The summed E-state index contributed by atoms with van der Waals surface area (Å²) in [5, 5.41) is 10.9. The maximum absolute atomic E-state index is 13.1. The van der Waals surface area contributed by atoms with Crippen LogP contribution in [0, 0.1) is 15.9 Å². The Balaban J connectivity index is 2.27. The predicted molar refractivity (Wildman–Crippen MR) is 80.6 cm³/mol. The number of carbonyl (C=O) groups is 1. The summed E-state index contributed by atoms with van der Waals surface area (Å²) in [6.45, 7) is 0. The average molecular weight is 350 g/mol. The second-order valence-electron chi connectivity index (χ2n) is 4.15. The molecule has 0 aliphatic carbocycles. The van der Waals surface area contributed by atoms with Crippen LogP contribution < -0.4 is 0 Å². The Hall–Kier alpha value is -2.34. The second kappa shape index (κ2) is 6.41. The van der Waals surface area contributed by atoms with Crippen LogP contribution in [-0.2, 0) is 0 Å². The molecule has 21 heavy (non-hydrogen) atoms. The number of hydrogen-bond donors (Lipinski definition) is 0. The van der Waals surface area contributed by atoms with Crippen LogP contribution >= 0.6 is 15.9 Å². The fourth-order valence-corrected chi connectivity index (χ4v) is 2.12. The van der Waals surface area contributed by atoms with E-state index in [0.717, 1.165) is 0 Å². The molecule has 0 unspecified atom stereocenters. The molecule has 0 saturated carbocycles. The number of carbonyl (C=O) groups excluding carboxylic acids is 1. The van der Waals surface area contributed by atoms with E-state index in [1.165, 1.54) is 48.6 Å². The van der Waals surface area contributed by atoms with Gasteiger partial charge in [-0.25, -0.2) is 4.39 Å². The highest BCUT2D eigenvalue weighted by Gasteiger charge is 2.16. The fraction of sp³-hybridized carbons (Fsp3) is 0. The number of ketones is 1. The van der Waals surface area contributed by atoms with E-state index < -0.39 is 16.5 Å². The van der Waals surface area contributed by atoms with Gasteiger partial charge in [0.1, 0.15) is 5.82 Å². The summed E-state index contributed by atoms with van der Waals surface area (Å²) in [5.74, 6) is -0.889. The Morgan fingerprint density at radius 1 is 1.24 bits per heavy atom. The predicted octanol–water partition coefficient (Wildman–Crippen LogP) is 4.39. The number of para-hydroxylation sites is 1. The first kappa shape index (κ1) is 15.1. The highest BCUT2D eigenvalue weighted by Crippen LogP contribution is 2.20. The van der Waals surface area contributed by atoms with E-state index in [-0.39, 0.29) is 15.7 Å². The summed E-state index contributed by atoms with van der Waals surface area (Å²) >= 11 is 3.05. The summed E-state index contributed by atoms with van der Waals surface area (Å²) in [5.41, 5.74) is 0.377. The Morgan fingerprint density at radius 3 is 2.62 bits per heavy atom. The Kier molecular flexibility index (Phi) is 4.59. The van der Waals surface area contributed by atoms with Crippen LogP contribution in [0.3, 0.4) is 0 Å². The third-order valence-corrected chi connectivity index (χ3v) is 3.34. The maximum Gasteiger partial charge on any atom is 0.280 e. The lowest BCUT2D eigenvalue weighted by molar-refractivity contribution is -0.385. The monoisotopic (exact) mass is 349 g/mol. The molecule has 0 atom stereocenters. The lowest BCUT2D eigenvalue weighted by atomic mass is 10.1. The van der Waals surface area contributed by atoms with Gasteiger partial charge < -0.3 is 0 Å². The van der Waals surface area contributed by atoms with Gasteiger partial charge in [0.05, 0.1) is 15.0 Å². The molecule has 2 aromatic carbocycles. The van der Waals surface area contributed by atoms with Crippen LogP contribution in [-0.4, -0.2) is 10.7 Å². The molecule has 0 radical (unpaired) electrons. The molecule has 0 saturated heterocycles. The summed E-state index contributed by atoms with van der Waals surface area (Å²) in [6, 6.07) is 10.0. The molecular weight excluding hydrogens is 341 g/mol. The molecule has 0 spiro atoms. The number of nitrogens with zero attached hydrogens (tertiary/aromatic N) is 1. The molecule has 6 heteroatoms. The number of halogens is 2. The zero-order chi connectivity index (χ0) is 15.4. The van der Waals surface area contributed by atoms with E-state index in [2.05, 4.69) is 15.9 Å². The van der Waals surface area contributed by atoms with Crippen molar-refractivity contribution in [1.29, 1.82) is 0 Å². The van der Waals surface area contributed by atoms with E-state index in [1.807, 2.05) is 0 Å². The first-order chi connectivity index (χ1) is 9.99. The standard InChI is InChI=1S/C15H9BrFNO3/c16-12-9-10(5-7-13(12)17)6-8-15(19)11-3-1-2-4-14(11)18(20)21/h1-9H/b8-6+. The zero-order valence-electron chi connectivity index (χ0n) is 10.6. The van der Waals surface area contributed by atoms with E-state index >= 15 is 0 Å². The lowest BCUT2D eigenvalue weighted by Crippen LogP contribution is -2.00. The van der Waals surface area contributed by atoms with Crippen molar-refractivity contribution in [3.8, 4) is 0 Å². The van der Waals surface area contributed by atoms with Crippen molar-refractivity contribution in [3.63, 3.8) is 0 Å². The van der Waals surface area contributed by atoms with Gasteiger partial charge in [-0.1, -0.05) is 24.3 Å². The van der Waals surface area contributed by atoms with Crippen molar-refractivity contribution in [3.05, 3.63) is 80.1 Å². The van der Waals surface area contributed by atoms with Crippen LogP contribution in [0.5, 0.6) is 0 Å². The minimum Gasteiger partial charge on any atom is -0.289 e. The van der Waals surface area contributed by atoms with Gasteiger partial charge in [0.2, 0.25) is 0 Å². The summed E-state index contributed by atoms with van der Waals surface area (Å²) in [4.78, 5) is 22.3. The van der Waals surface area contributed by atoms with E-state index in [0.29, 0.717) is 5.56 Å². The minimum atomic E-state index is -0.602. The van der Waals surface area contributed by atoms with E-state index in [4.69, 9.17) is 0 Å². The van der Waals surface area contributed by atoms with Gasteiger partial charge >= 0.3 is 0 Å². The van der Waals surface area contributed by atoms with Crippen LogP contribution in [0.2, 0.25) is 0 Å². The molecule has 0 aliphatic heterocycles. The molecular formula is C15H9BrFNO3. The molecule has 0 N–H and O–H groups in total. The third-order valence-electron chi connectivity index (χ3n) is 2.74. The van der Waals surface area contributed by atoms with Crippen LogP contribution in [0.15, 0.2) is 53.0 Å². The molecule has 2 rings (SSSR count). The van der Waals surface area contributed by atoms with Crippen LogP contribution in [0.4, 0.5) is 10.1 Å². The molecule has 0 amide bonds. The molecule has 0 aliphatic rings. The smallest absolute Gasteiger partial charge is 0.280 e. The number of allylic oxidation sites excluding steroid dienone is 1. The van der Waals surface area contributed by atoms with Crippen LogP contribution in [0.1, 0.15) is 15.9 Å². The molecule has 0 bridgehead atoms. The first-order valence-corrected chi connectivity index (χ1v) is 6.69. The molecule has 0 aromatic heterocycles. The van der Waals surface area contributed by atoms with Crippen LogP contribution in [0.25, 0.3) is 6.08 Å².